The van der Waals surface area contributed by atoms with Gasteiger partial charge in [0.15, 0.2) is 0 Å². The summed E-state index contributed by atoms with van der Waals surface area (Å²) in [6, 6.07) is 0.961. The van der Waals surface area contributed by atoms with E-state index in [1.807, 2.05) is 0 Å². The van der Waals surface area contributed by atoms with Gasteiger partial charge in [0.05, 0.1) is 5.41 Å². The lowest BCUT2D eigenvalue weighted by molar-refractivity contribution is -0.133. The third kappa shape index (κ3) is 3.53. The average molecular weight is 281 g/mol. The van der Waals surface area contributed by atoms with Gasteiger partial charge < -0.3 is 16.0 Å². The van der Waals surface area contributed by atoms with Crippen molar-refractivity contribution < 1.29 is 4.79 Å². The topological polar surface area (TPSA) is 58.4 Å². The van der Waals surface area contributed by atoms with Gasteiger partial charge in [0.25, 0.3) is 0 Å². The Hall–Kier alpha value is -0.610. The average Bonchev–Trinajstić information content (AvgIpc) is 2.48. The molecular weight excluding hydrogens is 250 g/mol. The minimum atomic E-state index is -0.270. The number of nitrogens with two attached hydrogens (primary N) is 1. The maximum absolute atomic E-state index is 12.6. The number of likely N-dealkylation sites (tertiary alicyclic amines) is 1. The van der Waals surface area contributed by atoms with Crippen LogP contribution in [0.15, 0.2) is 0 Å². The summed E-state index contributed by atoms with van der Waals surface area (Å²) in [6.07, 6.45) is 7.64. The summed E-state index contributed by atoms with van der Waals surface area (Å²) in [5.74, 6) is 0.225. The predicted molar refractivity (Wildman–Crippen MR) is 82.4 cm³/mol. The Balaban J connectivity index is 1.85. The standard InChI is InChI=1S/C16H31N3O/c1-13(2)19-10-6-14(7-11-19)18-15(20)16(12-17)8-4-3-5-9-16/h13-14H,3-12,17H2,1-2H3,(H,18,20). The lowest BCUT2D eigenvalue weighted by Gasteiger charge is -2.39. The Kier molecular flexibility index (Phi) is 5.44. The maximum atomic E-state index is 12.6. The van der Waals surface area contributed by atoms with E-state index in [1.165, 1.54) is 6.42 Å². The van der Waals surface area contributed by atoms with Crippen LogP contribution in [-0.2, 0) is 4.79 Å². The molecular formula is C16H31N3O. The smallest absolute Gasteiger partial charge is 0.227 e. The zero-order valence-electron chi connectivity index (χ0n) is 13.2. The summed E-state index contributed by atoms with van der Waals surface area (Å²) in [7, 11) is 0. The molecule has 1 saturated carbocycles. The lowest BCUT2D eigenvalue weighted by atomic mass is 9.73. The molecule has 0 spiro atoms. The van der Waals surface area contributed by atoms with E-state index in [0.29, 0.717) is 18.6 Å². The molecule has 2 rings (SSSR count). The quantitative estimate of drug-likeness (QED) is 0.827. The van der Waals surface area contributed by atoms with Crippen LogP contribution in [0.3, 0.4) is 0 Å². The van der Waals surface area contributed by atoms with Crippen LogP contribution in [0.1, 0.15) is 58.8 Å². The molecule has 0 bridgehead atoms. The SMILES string of the molecule is CC(C)N1CCC(NC(=O)C2(CN)CCCCC2)CC1. The molecule has 1 heterocycles. The van der Waals surface area contributed by atoms with Gasteiger partial charge in [0, 0.05) is 31.7 Å². The molecule has 4 heteroatoms. The number of rotatable bonds is 4. The Morgan fingerprint density at radius 2 is 1.85 bits per heavy atom. The first-order chi connectivity index (χ1) is 9.57. The molecule has 1 saturated heterocycles. The molecule has 4 nitrogen and oxygen atoms in total. The largest absolute Gasteiger partial charge is 0.353 e. The van der Waals surface area contributed by atoms with E-state index in [0.717, 1.165) is 51.6 Å². The van der Waals surface area contributed by atoms with Crippen molar-refractivity contribution in [2.75, 3.05) is 19.6 Å². The van der Waals surface area contributed by atoms with Gasteiger partial charge in [0.2, 0.25) is 5.91 Å². The minimum absolute atomic E-state index is 0.225. The monoisotopic (exact) mass is 281 g/mol. The molecule has 0 unspecified atom stereocenters. The van der Waals surface area contributed by atoms with E-state index >= 15 is 0 Å². The van der Waals surface area contributed by atoms with Crippen molar-refractivity contribution in [1.82, 2.24) is 10.2 Å². The van der Waals surface area contributed by atoms with Gasteiger partial charge in [-0.3, -0.25) is 4.79 Å². The molecule has 3 N–H and O–H groups in total. The molecule has 1 aliphatic carbocycles. The summed E-state index contributed by atoms with van der Waals surface area (Å²) in [5.41, 5.74) is 5.67. The maximum Gasteiger partial charge on any atom is 0.227 e. The van der Waals surface area contributed by atoms with E-state index in [2.05, 4.69) is 24.1 Å². The van der Waals surface area contributed by atoms with Crippen LogP contribution in [0.4, 0.5) is 0 Å². The fourth-order valence-electron chi connectivity index (χ4n) is 3.65. The Labute approximate surface area is 123 Å². The van der Waals surface area contributed by atoms with Gasteiger partial charge in [-0.1, -0.05) is 19.3 Å². The van der Waals surface area contributed by atoms with Crippen LogP contribution in [0.2, 0.25) is 0 Å². The second-order valence-corrected chi connectivity index (χ2v) is 6.92. The van der Waals surface area contributed by atoms with Crippen molar-refractivity contribution in [2.45, 2.75) is 70.9 Å². The summed E-state index contributed by atoms with van der Waals surface area (Å²) in [6.45, 7) is 7.18. The second kappa shape index (κ2) is 6.90. The normalized spacial score (nSPS) is 24.8. The number of hydrogen-bond acceptors (Lipinski definition) is 3. The van der Waals surface area contributed by atoms with Crippen molar-refractivity contribution in [3.8, 4) is 0 Å². The highest BCUT2D eigenvalue weighted by molar-refractivity contribution is 5.83. The van der Waals surface area contributed by atoms with E-state index < -0.39 is 0 Å². The molecule has 0 radical (unpaired) electrons. The van der Waals surface area contributed by atoms with E-state index in [1.54, 1.807) is 0 Å². The molecule has 20 heavy (non-hydrogen) atoms. The molecule has 0 aromatic rings. The van der Waals surface area contributed by atoms with E-state index in [9.17, 15) is 4.79 Å². The van der Waals surface area contributed by atoms with Crippen LogP contribution in [-0.4, -0.2) is 42.5 Å². The van der Waals surface area contributed by atoms with Crippen molar-refractivity contribution in [1.29, 1.82) is 0 Å². The lowest BCUT2D eigenvalue weighted by Crippen LogP contribution is -2.53. The van der Waals surface area contributed by atoms with E-state index in [-0.39, 0.29) is 11.3 Å². The zero-order valence-corrected chi connectivity index (χ0v) is 13.2. The molecule has 1 aliphatic heterocycles. The Morgan fingerprint density at radius 3 is 2.35 bits per heavy atom. The fourth-order valence-corrected chi connectivity index (χ4v) is 3.65. The molecule has 1 amide bonds. The number of carbonyl (C=O) groups is 1. The molecule has 116 valence electrons. The van der Waals surface area contributed by atoms with Crippen molar-refractivity contribution in [3.05, 3.63) is 0 Å². The van der Waals surface area contributed by atoms with Crippen LogP contribution in [0.25, 0.3) is 0 Å². The second-order valence-electron chi connectivity index (χ2n) is 6.92. The third-order valence-electron chi connectivity index (χ3n) is 5.28. The molecule has 0 aromatic heterocycles. The first kappa shape index (κ1) is 15.8. The third-order valence-corrected chi connectivity index (χ3v) is 5.28. The van der Waals surface area contributed by atoms with E-state index in [4.69, 9.17) is 5.73 Å². The van der Waals surface area contributed by atoms with Crippen molar-refractivity contribution in [2.24, 2.45) is 11.1 Å². The molecule has 0 aromatic carbocycles. The van der Waals surface area contributed by atoms with Gasteiger partial charge in [-0.2, -0.15) is 0 Å². The highest BCUT2D eigenvalue weighted by atomic mass is 16.2. The van der Waals surface area contributed by atoms with Crippen LogP contribution in [0, 0.1) is 5.41 Å². The fraction of sp³-hybridized carbons (Fsp3) is 0.938. The number of hydrogen-bond donors (Lipinski definition) is 2. The number of piperidine rings is 1. The number of nitrogens with zero attached hydrogens (tertiary/aromatic N) is 1. The van der Waals surface area contributed by atoms with Gasteiger partial charge in [0.1, 0.15) is 0 Å². The van der Waals surface area contributed by atoms with Crippen LogP contribution in [0.5, 0.6) is 0 Å². The van der Waals surface area contributed by atoms with Gasteiger partial charge >= 0.3 is 0 Å². The highest BCUT2D eigenvalue weighted by Crippen LogP contribution is 2.35. The van der Waals surface area contributed by atoms with Crippen molar-refractivity contribution >= 4 is 5.91 Å². The highest BCUT2D eigenvalue weighted by Gasteiger charge is 2.39. The van der Waals surface area contributed by atoms with Gasteiger partial charge in [-0.05, 0) is 39.5 Å². The van der Waals surface area contributed by atoms with Crippen molar-refractivity contribution in [3.63, 3.8) is 0 Å². The summed E-state index contributed by atoms with van der Waals surface area (Å²) in [4.78, 5) is 15.1. The Bertz CT molecular complexity index is 316. The number of carbonyl (C=O) groups excluding carboxylic acids is 1. The van der Waals surface area contributed by atoms with Crippen LogP contribution >= 0.6 is 0 Å². The van der Waals surface area contributed by atoms with Crippen LogP contribution < -0.4 is 11.1 Å². The Morgan fingerprint density at radius 1 is 1.25 bits per heavy atom. The first-order valence-electron chi connectivity index (χ1n) is 8.32. The summed E-state index contributed by atoms with van der Waals surface area (Å²) in [5, 5.41) is 3.29. The molecule has 2 fully saturated rings. The number of amides is 1. The summed E-state index contributed by atoms with van der Waals surface area (Å²) < 4.78 is 0. The number of nitrogens with one attached hydrogen (secondary N) is 1. The molecule has 0 atom stereocenters. The minimum Gasteiger partial charge on any atom is -0.353 e. The molecule has 2 aliphatic rings. The van der Waals surface area contributed by atoms with Gasteiger partial charge in [-0.25, -0.2) is 0 Å². The zero-order chi connectivity index (χ0) is 14.6. The summed E-state index contributed by atoms with van der Waals surface area (Å²) >= 11 is 0. The predicted octanol–water partition coefficient (Wildman–Crippen LogP) is 1.88. The van der Waals surface area contributed by atoms with Gasteiger partial charge in [-0.15, -0.1) is 0 Å². The first-order valence-corrected chi connectivity index (χ1v) is 8.32.